The molecule has 0 aromatic carbocycles. The summed E-state index contributed by atoms with van der Waals surface area (Å²) in [6.45, 7) is 1.75. The topological polar surface area (TPSA) is 94.1 Å². The number of hydrogen-bond acceptors (Lipinski definition) is 4. The number of nitrogens with zero attached hydrogens (tertiary/aromatic N) is 4. The number of carbonyl (C=O) groups is 3. The summed E-state index contributed by atoms with van der Waals surface area (Å²) in [6, 6.07) is 3.60. The van der Waals surface area contributed by atoms with Crippen molar-refractivity contribution in [3.05, 3.63) is 30.1 Å². The van der Waals surface area contributed by atoms with E-state index in [1.165, 1.54) is 0 Å². The third kappa shape index (κ3) is 4.04. The van der Waals surface area contributed by atoms with Gasteiger partial charge in [-0.25, -0.2) is 4.79 Å². The molecule has 8 nitrogen and oxygen atoms in total. The maximum absolute atomic E-state index is 13.0. The lowest BCUT2D eigenvalue weighted by atomic mass is 9.90. The maximum Gasteiger partial charge on any atom is 0.319 e. The molecule has 146 valence electrons. The van der Waals surface area contributed by atoms with Gasteiger partial charge in [0.05, 0.1) is 5.92 Å². The predicted molar refractivity (Wildman–Crippen MR) is 98.1 cm³/mol. The van der Waals surface area contributed by atoms with Gasteiger partial charge in [0.15, 0.2) is 0 Å². The third-order valence-corrected chi connectivity index (χ3v) is 5.58. The fraction of sp³-hybridized carbons (Fsp3) is 0.579. The minimum atomic E-state index is -0.876. The Balaban J connectivity index is 1.64. The number of aromatic nitrogens is 1. The van der Waals surface area contributed by atoms with E-state index >= 15 is 0 Å². The summed E-state index contributed by atoms with van der Waals surface area (Å²) in [7, 11) is 3.43. The molecule has 3 amide bonds. The van der Waals surface area contributed by atoms with E-state index in [-0.39, 0.29) is 30.3 Å². The minimum Gasteiger partial charge on any atom is -0.481 e. The van der Waals surface area contributed by atoms with Crippen molar-refractivity contribution in [2.75, 3.05) is 40.3 Å². The smallest absolute Gasteiger partial charge is 0.319 e. The van der Waals surface area contributed by atoms with Gasteiger partial charge in [-0.05, 0) is 30.5 Å². The van der Waals surface area contributed by atoms with Crippen LogP contribution < -0.4 is 0 Å². The van der Waals surface area contributed by atoms with Crippen molar-refractivity contribution >= 4 is 17.9 Å². The number of carboxylic acid groups (broad SMARTS) is 1. The zero-order valence-corrected chi connectivity index (χ0v) is 15.7. The predicted octanol–water partition coefficient (Wildman–Crippen LogP) is 1.10. The maximum atomic E-state index is 13.0. The number of likely N-dealkylation sites (tertiary alicyclic amines) is 2. The Morgan fingerprint density at radius 3 is 2.26 bits per heavy atom. The van der Waals surface area contributed by atoms with Gasteiger partial charge in [-0.15, -0.1) is 0 Å². The second-order valence-electron chi connectivity index (χ2n) is 7.51. The van der Waals surface area contributed by atoms with Gasteiger partial charge in [-0.2, -0.15) is 0 Å². The molecule has 2 atom stereocenters. The van der Waals surface area contributed by atoms with Gasteiger partial charge in [-0.3, -0.25) is 14.6 Å². The number of urea groups is 1. The molecule has 27 heavy (non-hydrogen) atoms. The van der Waals surface area contributed by atoms with Crippen LogP contribution >= 0.6 is 0 Å². The van der Waals surface area contributed by atoms with Crippen LogP contribution in [-0.4, -0.2) is 83.0 Å². The number of piperidine rings is 1. The Bertz CT molecular complexity index is 701. The lowest BCUT2D eigenvalue weighted by Gasteiger charge is -2.34. The molecule has 0 spiro atoms. The fourth-order valence-corrected chi connectivity index (χ4v) is 4.04. The van der Waals surface area contributed by atoms with Crippen LogP contribution in [0.4, 0.5) is 4.79 Å². The Kier molecular flexibility index (Phi) is 5.62. The summed E-state index contributed by atoms with van der Waals surface area (Å²) in [4.78, 5) is 45.7. The van der Waals surface area contributed by atoms with E-state index in [4.69, 9.17) is 0 Å². The fourth-order valence-electron chi connectivity index (χ4n) is 4.04. The van der Waals surface area contributed by atoms with Crippen molar-refractivity contribution in [2.24, 2.45) is 11.8 Å². The van der Waals surface area contributed by atoms with Crippen molar-refractivity contribution in [3.63, 3.8) is 0 Å². The van der Waals surface area contributed by atoms with Crippen LogP contribution in [0.5, 0.6) is 0 Å². The highest BCUT2D eigenvalue weighted by molar-refractivity contribution is 5.82. The number of amides is 3. The highest BCUT2D eigenvalue weighted by atomic mass is 16.4. The molecule has 1 aromatic rings. The van der Waals surface area contributed by atoms with Gasteiger partial charge >= 0.3 is 12.0 Å². The summed E-state index contributed by atoms with van der Waals surface area (Å²) in [5.41, 5.74) is 0.902. The first-order chi connectivity index (χ1) is 12.9. The van der Waals surface area contributed by atoms with Crippen molar-refractivity contribution < 1.29 is 19.5 Å². The lowest BCUT2D eigenvalue weighted by molar-refractivity contribution is -0.142. The summed E-state index contributed by atoms with van der Waals surface area (Å²) in [5.74, 6) is -1.84. The summed E-state index contributed by atoms with van der Waals surface area (Å²) < 4.78 is 0. The van der Waals surface area contributed by atoms with Crippen LogP contribution in [0, 0.1) is 11.8 Å². The van der Waals surface area contributed by atoms with Crippen LogP contribution in [0.3, 0.4) is 0 Å². The highest BCUT2D eigenvalue weighted by Crippen LogP contribution is 2.34. The molecule has 1 N–H and O–H groups in total. The molecule has 1 aromatic heterocycles. The van der Waals surface area contributed by atoms with Gasteiger partial charge in [0.1, 0.15) is 0 Å². The molecular weight excluding hydrogens is 348 g/mol. The molecule has 3 rings (SSSR count). The third-order valence-electron chi connectivity index (χ3n) is 5.58. The Morgan fingerprint density at radius 2 is 1.70 bits per heavy atom. The average Bonchev–Trinajstić information content (AvgIpc) is 3.13. The van der Waals surface area contributed by atoms with Crippen molar-refractivity contribution in [3.8, 4) is 0 Å². The Labute approximate surface area is 158 Å². The van der Waals surface area contributed by atoms with E-state index in [0.717, 1.165) is 5.56 Å². The number of hydrogen-bond donors (Lipinski definition) is 1. The molecule has 0 saturated carbocycles. The van der Waals surface area contributed by atoms with Gasteiger partial charge in [0.25, 0.3) is 0 Å². The molecule has 2 saturated heterocycles. The van der Waals surface area contributed by atoms with Crippen LogP contribution in [0.2, 0.25) is 0 Å². The number of pyridine rings is 1. The molecule has 0 aliphatic carbocycles. The Morgan fingerprint density at radius 1 is 1.07 bits per heavy atom. The Hall–Kier alpha value is -2.64. The molecule has 8 heteroatoms. The van der Waals surface area contributed by atoms with Crippen LogP contribution in [0.25, 0.3) is 0 Å². The molecule has 0 unspecified atom stereocenters. The number of carboxylic acids is 1. The molecule has 3 heterocycles. The second-order valence-corrected chi connectivity index (χ2v) is 7.51. The highest BCUT2D eigenvalue weighted by Gasteiger charge is 2.42. The van der Waals surface area contributed by atoms with E-state index in [1.807, 2.05) is 12.1 Å². The van der Waals surface area contributed by atoms with Gasteiger partial charge in [0, 0.05) is 64.5 Å². The van der Waals surface area contributed by atoms with Crippen molar-refractivity contribution in [2.45, 2.75) is 18.8 Å². The largest absolute Gasteiger partial charge is 0.481 e. The van der Waals surface area contributed by atoms with E-state index < -0.39 is 11.9 Å². The number of rotatable bonds is 3. The molecule has 0 bridgehead atoms. The van der Waals surface area contributed by atoms with Crippen LogP contribution in [0.1, 0.15) is 24.3 Å². The summed E-state index contributed by atoms with van der Waals surface area (Å²) in [5, 5.41) is 9.60. The molecule has 2 fully saturated rings. The molecule has 0 radical (unpaired) electrons. The molecule has 2 aliphatic heterocycles. The summed E-state index contributed by atoms with van der Waals surface area (Å²) in [6.07, 6.45) is 4.53. The van der Waals surface area contributed by atoms with Gasteiger partial charge in [-0.1, -0.05) is 0 Å². The van der Waals surface area contributed by atoms with E-state index in [1.54, 1.807) is 41.2 Å². The quantitative estimate of drug-likeness (QED) is 0.855. The minimum absolute atomic E-state index is 0.00904. The standard InChI is InChI=1S/C19H26N4O4/c1-21(2)19(27)22-9-5-14(6-10-22)17(24)23-11-15(16(12-23)18(25)26)13-3-7-20-8-4-13/h3-4,7-8,14-16H,5-6,9-12H2,1-2H3,(H,25,26)/t15-,16+/m0/s1. The average molecular weight is 374 g/mol. The number of carbonyl (C=O) groups excluding carboxylic acids is 2. The summed E-state index contributed by atoms with van der Waals surface area (Å²) >= 11 is 0. The lowest BCUT2D eigenvalue weighted by Crippen LogP contribution is -2.47. The first-order valence-electron chi connectivity index (χ1n) is 9.26. The first-order valence-corrected chi connectivity index (χ1v) is 9.26. The normalized spacial score (nSPS) is 23.3. The van der Waals surface area contributed by atoms with Crippen molar-refractivity contribution in [1.29, 1.82) is 0 Å². The van der Waals surface area contributed by atoms with Crippen LogP contribution in [0.15, 0.2) is 24.5 Å². The van der Waals surface area contributed by atoms with Crippen molar-refractivity contribution in [1.82, 2.24) is 19.7 Å². The van der Waals surface area contributed by atoms with Crippen LogP contribution in [-0.2, 0) is 9.59 Å². The number of aliphatic carboxylic acids is 1. The second kappa shape index (κ2) is 7.94. The monoisotopic (exact) mass is 374 g/mol. The van der Waals surface area contributed by atoms with Gasteiger partial charge in [0.2, 0.25) is 5.91 Å². The van der Waals surface area contributed by atoms with E-state index in [2.05, 4.69) is 4.98 Å². The first kappa shape index (κ1) is 19.1. The van der Waals surface area contributed by atoms with Gasteiger partial charge < -0.3 is 19.8 Å². The molecule has 2 aliphatic rings. The van der Waals surface area contributed by atoms with E-state index in [0.29, 0.717) is 32.5 Å². The molecular formula is C19H26N4O4. The van der Waals surface area contributed by atoms with E-state index in [9.17, 15) is 19.5 Å². The zero-order chi connectivity index (χ0) is 19.6. The SMILES string of the molecule is CN(C)C(=O)N1CCC(C(=O)N2C[C@@H](C(=O)O)[C@H](c3ccncc3)C2)CC1. The zero-order valence-electron chi connectivity index (χ0n) is 15.7.